The third-order valence-corrected chi connectivity index (χ3v) is 2.60. The van der Waals surface area contributed by atoms with Gasteiger partial charge in [0, 0.05) is 0 Å². The zero-order valence-corrected chi connectivity index (χ0v) is 8.60. The molecule has 3 atom stereocenters. The summed E-state index contributed by atoms with van der Waals surface area (Å²) in [6.07, 6.45) is -0.865. The fourth-order valence-corrected chi connectivity index (χ4v) is 1.50. The van der Waals surface area contributed by atoms with E-state index in [4.69, 9.17) is 33.4 Å². The molecule has 0 aromatic carbocycles. The summed E-state index contributed by atoms with van der Waals surface area (Å²) >= 11 is 11.3. The number of halogens is 2. The number of rotatable bonds is 3. The van der Waals surface area contributed by atoms with Crippen molar-refractivity contribution >= 4 is 51.1 Å². The van der Waals surface area contributed by atoms with E-state index in [1.165, 1.54) is 0 Å². The third-order valence-electron chi connectivity index (χ3n) is 1.01. The number of hydrogen-bond donors (Lipinski definition) is 2. The van der Waals surface area contributed by atoms with E-state index in [1.807, 2.05) is 0 Å². The van der Waals surface area contributed by atoms with Crippen LogP contribution in [0.1, 0.15) is 0 Å². The SMILES string of the molecule is O[CH]([Na])C(O)C(Cl)CCl. The molecule has 0 rings (SSSR count). The Kier molecular flexibility index (Phi) is 6.05. The van der Waals surface area contributed by atoms with Gasteiger partial charge in [0.2, 0.25) is 0 Å². The first-order valence-electron chi connectivity index (χ1n) is 2.65. The van der Waals surface area contributed by atoms with Crippen LogP contribution in [0.2, 0.25) is 0 Å². The van der Waals surface area contributed by atoms with Gasteiger partial charge in [0.1, 0.15) is 0 Å². The Morgan fingerprint density at radius 1 is 1.44 bits per heavy atom. The van der Waals surface area contributed by atoms with Gasteiger partial charge in [-0.3, -0.25) is 0 Å². The quantitative estimate of drug-likeness (QED) is 0.462. The normalized spacial score (nSPS) is 21.1. The topological polar surface area (TPSA) is 40.5 Å². The molecular formula is C4H7Cl2NaO2. The van der Waals surface area contributed by atoms with Gasteiger partial charge in [-0.05, 0) is 0 Å². The molecule has 2 nitrogen and oxygen atoms in total. The summed E-state index contributed by atoms with van der Waals surface area (Å²) in [4.78, 5) is 0. The molecule has 0 saturated carbocycles. The first-order chi connectivity index (χ1) is 4.09. The van der Waals surface area contributed by atoms with Crippen LogP contribution in [0, 0.1) is 0 Å². The average Bonchev–Trinajstić information content (AvgIpc) is 1.84. The Balaban J connectivity index is 3.58. The van der Waals surface area contributed by atoms with E-state index in [0.717, 1.165) is 0 Å². The second-order valence-corrected chi connectivity index (χ2v) is 3.95. The molecule has 0 bridgehead atoms. The van der Waals surface area contributed by atoms with Crippen LogP contribution in [0.15, 0.2) is 0 Å². The first-order valence-corrected chi connectivity index (χ1v) is 4.78. The van der Waals surface area contributed by atoms with E-state index in [1.54, 1.807) is 0 Å². The molecule has 9 heavy (non-hydrogen) atoms. The molecule has 0 fully saturated rings. The van der Waals surface area contributed by atoms with Gasteiger partial charge in [-0.15, -0.1) is 0 Å². The standard InChI is InChI=1S/C4H7Cl2O2.Na/c5-1-3(6)4(8)2-7;/h2-4,7-8H,1H2;. The summed E-state index contributed by atoms with van der Waals surface area (Å²) in [5.41, 5.74) is 0. The Labute approximate surface area is 81.6 Å². The van der Waals surface area contributed by atoms with Crippen LogP contribution < -0.4 is 0 Å². The zero-order valence-electron chi connectivity index (χ0n) is 5.09. The second-order valence-electron chi connectivity index (χ2n) is 1.90. The fourth-order valence-electron chi connectivity index (χ4n) is 0.393. The van der Waals surface area contributed by atoms with E-state index in [0.29, 0.717) is 27.9 Å². The van der Waals surface area contributed by atoms with E-state index < -0.39 is 14.8 Å². The van der Waals surface area contributed by atoms with Crippen molar-refractivity contribution in [3.63, 3.8) is 0 Å². The van der Waals surface area contributed by atoms with Crippen LogP contribution >= 0.6 is 23.2 Å². The molecule has 0 heterocycles. The molecule has 0 amide bonds. The predicted octanol–water partition coefficient (Wildman–Crippen LogP) is -0.320. The number of hydrogen-bond acceptors (Lipinski definition) is 2. The molecule has 3 unspecified atom stereocenters. The summed E-state index contributed by atoms with van der Waals surface area (Å²) in [5.74, 6) is 0.169. The molecule has 0 aliphatic carbocycles. The molecule has 0 saturated heterocycles. The molecule has 2 N–H and O–H groups in total. The Bertz CT molecular complexity index is 81.0. The maximum atomic E-state index is 8.96. The van der Waals surface area contributed by atoms with Gasteiger partial charge in [0.25, 0.3) is 0 Å². The molecule has 0 aromatic rings. The van der Waals surface area contributed by atoms with Gasteiger partial charge in [0.15, 0.2) is 0 Å². The van der Waals surface area contributed by atoms with Crippen LogP contribution in [-0.2, 0) is 0 Å². The van der Waals surface area contributed by atoms with Gasteiger partial charge in [-0.2, -0.15) is 0 Å². The minimum absolute atomic E-state index is 0.169. The zero-order chi connectivity index (χ0) is 7.44. The Hall–Kier alpha value is 1.50. The molecule has 0 radical (unpaired) electrons. The van der Waals surface area contributed by atoms with Gasteiger partial charge >= 0.3 is 82.1 Å². The summed E-state index contributed by atoms with van der Waals surface area (Å²) in [7, 11) is 0. The predicted molar refractivity (Wildman–Crippen MR) is 38.1 cm³/mol. The van der Waals surface area contributed by atoms with Crippen molar-refractivity contribution in [2.75, 3.05) is 5.88 Å². The summed E-state index contributed by atoms with van der Waals surface area (Å²) in [6, 6.07) is 0. The average molecular weight is 181 g/mol. The van der Waals surface area contributed by atoms with Crippen molar-refractivity contribution in [2.45, 2.75) is 14.8 Å². The molecule has 0 aliphatic rings. The van der Waals surface area contributed by atoms with E-state index in [9.17, 15) is 0 Å². The van der Waals surface area contributed by atoms with Gasteiger partial charge in [0.05, 0.1) is 0 Å². The monoisotopic (exact) mass is 180 g/mol. The van der Waals surface area contributed by atoms with Crippen LogP contribution in [0.25, 0.3) is 0 Å². The van der Waals surface area contributed by atoms with Crippen LogP contribution in [0.5, 0.6) is 0 Å². The maximum absolute atomic E-state index is 8.96. The van der Waals surface area contributed by atoms with Crippen molar-refractivity contribution < 1.29 is 10.2 Å². The second kappa shape index (κ2) is 5.19. The van der Waals surface area contributed by atoms with Crippen LogP contribution in [-0.4, -0.2) is 58.9 Å². The number of aliphatic hydroxyl groups is 2. The first kappa shape index (κ1) is 10.5. The van der Waals surface area contributed by atoms with E-state index >= 15 is 0 Å². The molecule has 5 heteroatoms. The van der Waals surface area contributed by atoms with Crippen molar-refractivity contribution in [1.82, 2.24) is 0 Å². The summed E-state index contributed by atoms with van der Waals surface area (Å²) < 4.78 is -0.675. The van der Waals surface area contributed by atoms with Gasteiger partial charge in [-0.25, -0.2) is 0 Å². The molecule has 50 valence electrons. The van der Waals surface area contributed by atoms with Crippen LogP contribution in [0.4, 0.5) is 0 Å². The van der Waals surface area contributed by atoms with Crippen molar-refractivity contribution in [2.24, 2.45) is 0 Å². The van der Waals surface area contributed by atoms with Gasteiger partial charge < -0.3 is 0 Å². The molecule has 0 aromatic heterocycles. The third kappa shape index (κ3) is 4.04. The minimum atomic E-state index is -0.865. The Morgan fingerprint density at radius 3 is 2.00 bits per heavy atom. The van der Waals surface area contributed by atoms with Crippen molar-refractivity contribution in [3.05, 3.63) is 0 Å². The fraction of sp³-hybridized carbons (Fsp3) is 1.00. The van der Waals surface area contributed by atoms with Gasteiger partial charge in [-0.1, -0.05) is 0 Å². The van der Waals surface area contributed by atoms with Crippen LogP contribution in [0.3, 0.4) is 0 Å². The van der Waals surface area contributed by atoms with E-state index in [2.05, 4.69) is 0 Å². The molecule has 0 spiro atoms. The van der Waals surface area contributed by atoms with Crippen molar-refractivity contribution in [3.8, 4) is 0 Å². The molecule has 0 aliphatic heterocycles. The summed E-state index contributed by atoms with van der Waals surface area (Å²) in [6.45, 7) is 0. The van der Waals surface area contributed by atoms with Crippen molar-refractivity contribution in [1.29, 1.82) is 0 Å². The molecular weight excluding hydrogens is 174 g/mol. The van der Waals surface area contributed by atoms with E-state index in [-0.39, 0.29) is 5.88 Å². The number of aliphatic hydroxyl groups excluding tert-OH is 2. The summed E-state index contributed by atoms with van der Waals surface area (Å²) in [5, 5.41) is 17.2. The Morgan fingerprint density at radius 2 is 1.89 bits per heavy atom. The number of alkyl halides is 2.